The zero-order chi connectivity index (χ0) is 24.9. The molecule has 0 saturated carbocycles. The highest BCUT2D eigenvalue weighted by Gasteiger charge is 2.45. The van der Waals surface area contributed by atoms with E-state index in [1.165, 1.54) is 18.2 Å². The first-order chi connectivity index (χ1) is 16.1. The van der Waals surface area contributed by atoms with Crippen LogP contribution in [0, 0.1) is 5.82 Å². The van der Waals surface area contributed by atoms with Crippen molar-refractivity contribution in [2.24, 2.45) is 0 Å². The minimum absolute atomic E-state index is 0.296. The molecule has 0 aliphatic rings. The molecule has 1 aromatic heterocycles. The second-order valence-corrected chi connectivity index (χ2v) is 9.90. The van der Waals surface area contributed by atoms with Crippen LogP contribution in [0.15, 0.2) is 60.8 Å². The molecule has 1 amide bonds. The quantitative estimate of drug-likeness (QED) is 0.272. The maximum Gasteiger partial charge on any atom is 0.335 e. The minimum atomic E-state index is -4.38. The smallest absolute Gasteiger partial charge is 0.324 e. The maximum atomic E-state index is 13.3. The first kappa shape index (κ1) is 25.6. The van der Waals surface area contributed by atoms with Crippen molar-refractivity contribution in [3.8, 4) is 11.3 Å². The fourth-order valence-corrected chi connectivity index (χ4v) is 5.45. The van der Waals surface area contributed by atoms with Crippen LogP contribution < -0.4 is 5.32 Å². The van der Waals surface area contributed by atoms with Gasteiger partial charge in [-0.05, 0) is 67.8 Å². The Hall–Kier alpha value is -3.06. The summed E-state index contributed by atoms with van der Waals surface area (Å²) >= 11 is 0. The summed E-state index contributed by atoms with van der Waals surface area (Å²) in [5, 5.41) is 5.85. The lowest BCUT2D eigenvalue weighted by Gasteiger charge is -2.33. The van der Waals surface area contributed by atoms with E-state index in [9.17, 15) is 23.5 Å². The van der Waals surface area contributed by atoms with Crippen molar-refractivity contribution in [2.45, 2.75) is 45.3 Å². The summed E-state index contributed by atoms with van der Waals surface area (Å²) in [6.45, 7) is 6.07. The molecule has 0 radical (unpaired) electrons. The molecule has 2 aromatic carbocycles. The lowest BCUT2D eigenvalue weighted by Crippen LogP contribution is -2.24. The van der Waals surface area contributed by atoms with Crippen LogP contribution in [-0.2, 0) is 21.1 Å². The second kappa shape index (κ2) is 10.5. The van der Waals surface area contributed by atoms with Crippen molar-refractivity contribution in [2.75, 3.05) is 5.32 Å². The van der Waals surface area contributed by atoms with Crippen LogP contribution in [-0.4, -0.2) is 25.5 Å². The van der Waals surface area contributed by atoms with Gasteiger partial charge in [0.2, 0.25) is 5.91 Å². The molecule has 3 N–H and O–H groups in total. The van der Waals surface area contributed by atoms with Gasteiger partial charge in [-0.25, -0.2) is 4.39 Å². The van der Waals surface area contributed by atoms with Gasteiger partial charge >= 0.3 is 7.60 Å². The van der Waals surface area contributed by atoms with E-state index in [0.29, 0.717) is 30.6 Å². The van der Waals surface area contributed by atoms with Crippen molar-refractivity contribution in [1.82, 2.24) is 9.78 Å². The van der Waals surface area contributed by atoms with Crippen molar-refractivity contribution in [3.05, 3.63) is 77.7 Å². The molecule has 0 fully saturated rings. The highest BCUT2D eigenvalue weighted by molar-refractivity contribution is 7.53. The summed E-state index contributed by atoms with van der Waals surface area (Å²) in [5.74, 6) is -0.695. The third kappa shape index (κ3) is 5.20. The van der Waals surface area contributed by atoms with E-state index in [2.05, 4.69) is 10.4 Å². The van der Waals surface area contributed by atoms with Crippen LogP contribution in [0.25, 0.3) is 17.3 Å². The average molecular weight is 485 g/mol. The van der Waals surface area contributed by atoms with Crippen LogP contribution in [0.4, 0.5) is 10.1 Å². The number of amides is 1. The Morgan fingerprint density at radius 3 is 2.24 bits per heavy atom. The fraction of sp³-hybridized carbons (Fsp3) is 0.280. The molecule has 0 unspecified atom stereocenters. The van der Waals surface area contributed by atoms with Crippen LogP contribution in [0.5, 0.6) is 0 Å². The van der Waals surface area contributed by atoms with Crippen LogP contribution in [0.1, 0.15) is 44.7 Å². The summed E-state index contributed by atoms with van der Waals surface area (Å²) in [7, 11) is -4.38. The molecule has 1 heterocycles. The lowest BCUT2D eigenvalue weighted by molar-refractivity contribution is -0.111. The van der Waals surface area contributed by atoms with Gasteiger partial charge in [-0.3, -0.25) is 14.0 Å². The second-order valence-electron chi connectivity index (χ2n) is 7.95. The predicted molar refractivity (Wildman–Crippen MR) is 132 cm³/mol. The Labute approximate surface area is 198 Å². The maximum absolute atomic E-state index is 13.3. The Morgan fingerprint density at radius 2 is 1.71 bits per heavy atom. The zero-order valence-corrected chi connectivity index (χ0v) is 20.3. The van der Waals surface area contributed by atoms with E-state index >= 15 is 0 Å². The first-order valence-corrected chi connectivity index (χ1v) is 12.7. The summed E-state index contributed by atoms with van der Waals surface area (Å²) < 4.78 is 27.3. The number of hydrogen-bond acceptors (Lipinski definition) is 3. The molecule has 0 aliphatic heterocycles. The van der Waals surface area contributed by atoms with Gasteiger partial charge in [0, 0.05) is 29.4 Å². The van der Waals surface area contributed by atoms with E-state index in [1.54, 1.807) is 67.2 Å². The van der Waals surface area contributed by atoms with Crippen molar-refractivity contribution < 1.29 is 23.5 Å². The van der Waals surface area contributed by atoms with Gasteiger partial charge in [-0.15, -0.1) is 0 Å². The number of rotatable bonds is 9. The Balaban J connectivity index is 1.78. The van der Waals surface area contributed by atoms with Gasteiger partial charge < -0.3 is 15.1 Å². The van der Waals surface area contributed by atoms with Gasteiger partial charge in [0.15, 0.2) is 0 Å². The monoisotopic (exact) mass is 485 g/mol. The van der Waals surface area contributed by atoms with Crippen LogP contribution >= 0.6 is 7.60 Å². The SMILES string of the molecule is CCn1ncc(C=CC(=O)Nc2ccc(C(CC)(CC)P(=O)(O)O)cc2)c1-c1ccc(F)cc1. The minimum Gasteiger partial charge on any atom is -0.324 e. The first-order valence-electron chi connectivity index (χ1n) is 11.1. The van der Waals surface area contributed by atoms with Crippen LogP contribution in [0.2, 0.25) is 0 Å². The summed E-state index contributed by atoms with van der Waals surface area (Å²) in [5.41, 5.74) is 3.33. The highest BCUT2D eigenvalue weighted by atomic mass is 31.2. The molecule has 0 saturated heterocycles. The number of aryl methyl sites for hydroxylation is 1. The standard InChI is InChI=1S/C25H29FN3O4P/c1-4-25(5-2,34(31,32)33)20-10-14-22(15-11-20)28-23(30)16-9-19-17-27-29(6-3)24(19)18-7-12-21(26)13-8-18/h7-17H,4-6H2,1-3H3,(H,28,30)(H2,31,32,33). The molecule has 7 nitrogen and oxygen atoms in total. The summed E-state index contributed by atoms with van der Waals surface area (Å²) in [6, 6.07) is 12.6. The zero-order valence-electron chi connectivity index (χ0n) is 19.4. The number of halogens is 1. The van der Waals surface area contributed by atoms with Crippen molar-refractivity contribution in [1.29, 1.82) is 0 Å². The average Bonchev–Trinajstić information content (AvgIpc) is 3.22. The van der Waals surface area contributed by atoms with Crippen molar-refractivity contribution >= 4 is 25.3 Å². The molecular formula is C25H29FN3O4P. The normalized spacial score (nSPS) is 12.3. The number of anilines is 1. The highest BCUT2D eigenvalue weighted by Crippen LogP contribution is 2.60. The molecule has 9 heteroatoms. The number of aromatic nitrogens is 2. The Morgan fingerprint density at radius 1 is 1.09 bits per heavy atom. The molecule has 0 bridgehead atoms. The predicted octanol–water partition coefficient (Wildman–Crippen LogP) is 5.55. The van der Waals surface area contributed by atoms with Crippen molar-refractivity contribution in [3.63, 3.8) is 0 Å². The van der Waals surface area contributed by atoms with E-state index < -0.39 is 12.8 Å². The van der Waals surface area contributed by atoms with E-state index in [4.69, 9.17) is 0 Å². The molecule has 0 atom stereocenters. The van der Waals surface area contributed by atoms with Gasteiger partial charge in [0.1, 0.15) is 5.82 Å². The van der Waals surface area contributed by atoms with E-state index in [-0.39, 0.29) is 11.7 Å². The topological polar surface area (TPSA) is 104 Å². The summed E-state index contributed by atoms with van der Waals surface area (Å²) in [6.07, 6.45) is 5.27. The third-order valence-electron chi connectivity index (χ3n) is 6.12. The number of nitrogens with zero attached hydrogens (tertiary/aromatic N) is 2. The molecular weight excluding hydrogens is 456 g/mol. The van der Waals surface area contributed by atoms with Gasteiger partial charge in [0.05, 0.1) is 17.0 Å². The molecule has 34 heavy (non-hydrogen) atoms. The van der Waals surface area contributed by atoms with E-state index in [0.717, 1.165) is 16.8 Å². The Bertz CT molecular complexity index is 1210. The molecule has 0 spiro atoms. The number of carbonyl (C=O) groups excluding carboxylic acids is 1. The lowest BCUT2D eigenvalue weighted by atomic mass is 9.92. The number of nitrogens with one attached hydrogen (secondary N) is 1. The van der Waals surface area contributed by atoms with Gasteiger partial charge in [-0.2, -0.15) is 5.10 Å². The van der Waals surface area contributed by atoms with Gasteiger partial charge in [0.25, 0.3) is 0 Å². The van der Waals surface area contributed by atoms with Gasteiger partial charge in [-0.1, -0.05) is 26.0 Å². The number of benzene rings is 2. The largest absolute Gasteiger partial charge is 0.335 e. The third-order valence-corrected chi connectivity index (χ3v) is 8.12. The van der Waals surface area contributed by atoms with E-state index in [1.807, 2.05) is 6.92 Å². The fourth-order valence-electron chi connectivity index (χ4n) is 4.14. The molecule has 0 aliphatic carbocycles. The number of carbonyl (C=O) groups is 1. The van der Waals surface area contributed by atoms with Crippen LogP contribution in [0.3, 0.4) is 0 Å². The Kier molecular flexibility index (Phi) is 7.87. The molecule has 3 rings (SSSR count). The molecule has 180 valence electrons. The summed E-state index contributed by atoms with van der Waals surface area (Å²) in [4.78, 5) is 32.3. The molecule has 3 aromatic rings. The number of hydrogen-bond donors (Lipinski definition) is 3.